The van der Waals surface area contributed by atoms with E-state index in [1.54, 1.807) is 35.0 Å². The Morgan fingerprint density at radius 2 is 1.58 bits per heavy atom. The summed E-state index contributed by atoms with van der Waals surface area (Å²) in [4.78, 5) is 10.9. The molecule has 0 amide bonds. The molecule has 1 aromatic heterocycles. The van der Waals surface area contributed by atoms with Gasteiger partial charge in [0.25, 0.3) is 0 Å². The molecule has 5 aromatic rings. The smallest absolute Gasteiger partial charge is 0.341 e. The fourth-order valence-corrected chi connectivity index (χ4v) is 4.13. The van der Waals surface area contributed by atoms with Gasteiger partial charge in [-0.2, -0.15) is 5.10 Å². The molecule has 0 aliphatic rings. The standard InChI is InChI=1S/C29H20ClFN2O3/c30-21-11-13-23(14-12-21)33-28(20-6-3-7-22(31)15-20)17-27(32-33)26-10-2-1-9-25(26)19-5-4-8-24(16-19)36-18-29(34)35/h1-17H,18H2,(H,34,35). The minimum absolute atomic E-state index is 0.337. The molecule has 0 radical (unpaired) electrons. The molecule has 0 aliphatic carbocycles. The molecule has 0 atom stereocenters. The Hall–Kier alpha value is -4.42. The molecule has 178 valence electrons. The molecule has 1 heterocycles. The van der Waals surface area contributed by atoms with Gasteiger partial charge in [-0.25, -0.2) is 13.9 Å². The lowest BCUT2D eigenvalue weighted by Crippen LogP contribution is -2.09. The molecule has 0 fully saturated rings. The minimum Gasteiger partial charge on any atom is -0.482 e. The van der Waals surface area contributed by atoms with Crippen molar-refractivity contribution in [1.29, 1.82) is 0 Å². The van der Waals surface area contributed by atoms with E-state index in [9.17, 15) is 9.18 Å². The van der Waals surface area contributed by atoms with Gasteiger partial charge in [0.2, 0.25) is 0 Å². The van der Waals surface area contributed by atoms with Crippen molar-refractivity contribution in [3.8, 4) is 45.1 Å². The minimum atomic E-state index is -1.04. The summed E-state index contributed by atoms with van der Waals surface area (Å²) in [5, 5.41) is 14.4. The zero-order chi connectivity index (χ0) is 25.1. The van der Waals surface area contributed by atoms with Crippen LogP contribution in [0.15, 0.2) is 103 Å². The fourth-order valence-electron chi connectivity index (χ4n) is 4.00. The molecule has 1 N–H and O–H groups in total. The third-order valence-corrected chi connectivity index (χ3v) is 5.86. The third-order valence-electron chi connectivity index (χ3n) is 5.61. The summed E-state index contributed by atoms with van der Waals surface area (Å²) in [7, 11) is 0. The van der Waals surface area contributed by atoms with Gasteiger partial charge in [0.1, 0.15) is 11.6 Å². The van der Waals surface area contributed by atoms with E-state index in [-0.39, 0.29) is 5.82 Å². The maximum Gasteiger partial charge on any atom is 0.341 e. The Balaban J connectivity index is 1.63. The summed E-state index contributed by atoms with van der Waals surface area (Å²) in [5.74, 6) is -0.924. The van der Waals surface area contributed by atoms with Crippen LogP contribution in [0.1, 0.15) is 0 Å². The lowest BCUT2D eigenvalue weighted by molar-refractivity contribution is -0.139. The Kier molecular flexibility index (Phi) is 6.52. The van der Waals surface area contributed by atoms with E-state index >= 15 is 0 Å². The van der Waals surface area contributed by atoms with Gasteiger partial charge in [-0.1, -0.05) is 60.1 Å². The largest absolute Gasteiger partial charge is 0.482 e. The summed E-state index contributed by atoms with van der Waals surface area (Å²) >= 11 is 6.10. The van der Waals surface area contributed by atoms with Crippen LogP contribution in [0.5, 0.6) is 5.75 Å². The van der Waals surface area contributed by atoms with Gasteiger partial charge < -0.3 is 9.84 Å². The number of carbonyl (C=O) groups is 1. The summed E-state index contributed by atoms with van der Waals surface area (Å²) in [6.45, 7) is -0.423. The van der Waals surface area contributed by atoms with E-state index in [1.807, 2.05) is 60.7 Å². The molecule has 0 bridgehead atoms. The Morgan fingerprint density at radius 1 is 0.861 bits per heavy atom. The molecular weight excluding hydrogens is 479 g/mol. The lowest BCUT2D eigenvalue weighted by atomic mass is 9.97. The predicted octanol–water partition coefficient (Wildman–Crippen LogP) is 7.13. The first-order valence-corrected chi connectivity index (χ1v) is 11.5. The number of hydrogen-bond donors (Lipinski definition) is 1. The second kappa shape index (κ2) is 10.1. The highest BCUT2D eigenvalue weighted by atomic mass is 35.5. The molecule has 36 heavy (non-hydrogen) atoms. The molecule has 0 spiro atoms. The van der Waals surface area contributed by atoms with E-state index < -0.39 is 12.6 Å². The molecule has 0 saturated carbocycles. The van der Waals surface area contributed by atoms with Crippen molar-refractivity contribution >= 4 is 17.6 Å². The maximum atomic E-state index is 14.1. The summed E-state index contributed by atoms with van der Waals surface area (Å²) in [6, 6.07) is 30.6. The van der Waals surface area contributed by atoms with Crippen molar-refractivity contribution in [2.75, 3.05) is 6.61 Å². The van der Waals surface area contributed by atoms with Gasteiger partial charge >= 0.3 is 5.97 Å². The lowest BCUT2D eigenvalue weighted by Gasteiger charge is -2.10. The summed E-state index contributed by atoms with van der Waals surface area (Å²) in [5.41, 5.74) is 5.48. The van der Waals surface area contributed by atoms with Crippen molar-refractivity contribution in [3.05, 3.63) is 114 Å². The van der Waals surface area contributed by atoms with Gasteiger partial charge in [-0.05, 0) is 65.7 Å². The van der Waals surface area contributed by atoms with Crippen LogP contribution in [0.4, 0.5) is 4.39 Å². The number of carboxylic acid groups (broad SMARTS) is 1. The zero-order valence-electron chi connectivity index (χ0n) is 18.9. The highest BCUT2D eigenvalue weighted by Crippen LogP contribution is 2.36. The fraction of sp³-hybridized carbons (Fsp3) is 0.0345. The first-order valence-electron chi connectivity index (χ1n) is 11.1. The molecule has 0 aliphatic heterocycles. The SMILES string of the molecule is O=C(O)COc1cccc(-c2ccccc2-c2cc(-c3cccc(F)c3)n(-c3ccc(Cl)cc3)n2)c1. The highest BCUT2D eigenvalue weighted by molar-refractivity contribution is 6.30. The monoisotopic (exact) mass is 498 g/mol. The summed E-state index contributed by atoms with van der Waals surface area (Å²) < 4.78 is 21.2. The van der Waals surface area contributed by atoms with Crippen LogP contribution >= 0.6 is 11.6 Å². The van der Waals surface area contributed by atoms with Crippen molar-refractivity contribution < 1.29 is 19.0 Å². The summed E-state index contributed by atoms with van der Waals surface area (Å²) in [6.07, 6.45) is 0. The second-order valence-corrected chi connectivity index (χ2v) is 8.51. The number of rotatable bonds is 7. The van der Waals surface area contributed by atoms with Gasteiger partial charge in [0.05, 0.1) is 17.1 Å². The number of aromatic nitrogens is 2. The second-order valence-electron chi connectivity index (χ2n) is 8.07. The van der Waals surface area contributed by atoms with Crippen LogP contribution in [0.3, 0.4) is 0 Å². The Bertz CT molecular complexity index is 1550. The molecule has 0 unspecified atom stereocenters. The van der Waals surface area contributed by atoms with Crippen molar-refractivity contribution in [2.24, 2.45) is 0 Å². The van der Waals surface area contributed by atoms with Crippen molar-refractivity contribution in [3.63, 3.8) is 0 Å². The molecule has 0 saturated heterocycles. The molecule has 4 aromatic carbocycles. The average Bonchev–Trinajstić information content (AvgIpc) is 3.33. The number of benzene rings is 4. The zero-order valence-corrected chi connectivity index (χ0v) is 19.7. The van der Waals surface area contributed by atoms with Gasteiger partial charge in [0.15, 0.2) is 6.61 Å². The number of nitrogens with zero attached hydrogens (tertiary/aromatic N) is 2. The molecule has 5 rings (SSSR count). The normalized spacial score (nSPS) is 10.8. The number of carboxylic acids is 1. The van der Waals surface area contributed by atoms with Crippen LogP contribution in [0.25, 0.3) is 39.3 Å². The molecule has 5 nitrogen and oxygen atoms in total. The first kappa shape index (κ1) is 23.3. The topological polar surface area (TPSA) is 64.3 Å². The number of halogens is 2. The van der Waals surface area contributed by atoms with E-state index in [4.69, 9.17) is 26.5 Å². The maximum absolute atomic E-state index is 14.1. The number of aliphatic carboxylic acids is 1. The van der Waals surface area contributed by atoms with Gasteiger partial charge in [-0.3, -0.25) is 0 Å². The van der Waals surface area contributed by atoms with E-state index in [1.165, 1.54) is 12.1 Å². The van der Waals surface area contributed by atoms with Crippen molar-refractivity contribution in [2.45, 2.75) is 0 Å². The first-order chi connectivity index (χ1) is 17.5. The quantitative estimate of drug-likeness (QED) is 0.259. The van der Waals surface area contributed by atoms with Gasteiger partial charge in [-0.15, -0.1) is 0 Å². The predicted molar refractivity (Wildman–Crippen MR) is 138 cm³/mol. The molecular formula is C29H20ClFN2O3. The Labute approximate surface area is 212 Å². The van der Waals surface area contributed by atoms with Crippen LogP contribution in [0, 0.1) is 5.82 Å². The van der Waals surface area contributed by atoms with Crippen LogP contribution in [-0.4, -0.2) is 27.5 Å². The van der Waals surface area contributed by atoms with Crippen LogP contribution < -0.4 is 4.74 Å². The number of hydrogen-bond acceptors (Lipinski definition) is 3. The average molecular weight is 499 g/mol. The van der Waals surface area contributed by atoms with E-state index in [2.05, 4.69) is 0 Å². The highest BCUT2D eigenvalue weighted by Gasteiger charge is 2.17. The van der Waals surface area contributed by atoms with Crippen molar-refractivity contribution in [1.82, 2.24) is 9.78 Å². The third kappa shape index (κ3) is 4.99. The number of ether oxygens (including phenoxy) is 1. The van der Waals surface area contributed by atoms with Crippen LogP contribution in [0.2, 0.25) is 5.02 Å². The van der Waals surface area contributed by atoms with E-state index in [0.717, 1.165) is 28.1 Å². The van der Waals surface area contributed by atoms with Crippen LogP contribution in [-0.2, 0) is 4.79 Å². The van der Waals surface area contributed by atoms with Gasteiger partial charge in [0, 0.05) is 16.1 Å². The Morgan fingerprint density at radius 3 is 2.33 bits per heavy atom. The molecule has 7 heteroatoms. The van der Waals surface area contributed by atoms with E-state index in [0.29, 0.717) is 22.0 Å².